The Hall–Kier alpha value is -0.214. The Balaban J connectivity index is 0.00000121. The van der Waals surface area contributed by atoms with Gasteiger partial charge in [-0.2, -0.15) is 0 Å². The van der Waals surface area contributed by atoms with Gasteiger partial charge in [0, 0.05) is 0 Å². The second-order valence-corrected chi connectivity index (χ2v) is 2.77. The molecule has 1 aromatic rings. The van der Waals surface area contributed by atoms with Crippen LogP contribution in [0.5, 0.6) is 5.75 Å². The summed E-state index contributed by atoms with van der Waals surface area (Å²) in [4.78, 5) is 0. The molecule has 1 N–H and O–H groups in total. The van der Waals surface area contributed by atoms with Gasteiger partial charge in [0.15, 0.2) is 0 Å². The summed E-state index contributed by atoms with van der Waals surface area (Å²) in [6.07, 6.45) is 3.57. The van der Waals surface area contributed by atoms with E-state index >= 15 is 0 Å². The van der Waals surface area contributed by atoms with E-state index in [-0.39, 0.29) is 23.1 Å². The average Bonchev–Trinajstić information content (AvgIpc) is 2.04. The van der Waals surface area contributed by atoms with Gasteiger partial charge in [-0.25, -0.2) is 0 Å². The van der Waals surface area contributed by atoms with Crippen molar-refractivity contribution in [2.24, 2.45) is 0 Å². The van der Waals surface area contributed by atoms with Crippen molar-refractivity contribution in [3.63, 3.8) is 0 Å². The van der Waals surface area contributed by atoms with E-state index in [1.54, 1.807) is 12.1 Å². The number of phenolic OH excluding ortho intramolecular Hbond substituents is 1. The first kappa shape index (κ1) is 11.8. The zero-order chi connectivity index (χ0) is 8.10. The van der Waals surface area contributed by atoms with Crippen molar-refractivity contribution in [2.45, 2.75) is 26.2 Å². The second kappa shape index (κ2) is 6.32. The Bertz CT molecular complexity index is 206. The molecule has 0 saturated heterocycles. The molecule has 0 aliphatic carbocycles. The van der Waals surface area contributed by atoms with E-state index in [0.717, 1.165) is 6.42 Å². The molecule has 0 spiro atoms. The van der Waals surface area contributed by atoms with E-state index in [9.17, 15) is 0 Å². The molecule has 0 bridgehead atoms. The quantitative estimate of drug-likeness (QED) is 0.697. The van der Waals surface area contributed by atoms with Crippen LogP contribution in [0.3, 0.4) is 0 Å². The molecule has 1 nitrogen and oxygen atoms in total. The van der Waals surface area contributed by atoms with Crippen LogP contribution >= 0.6 is 0 Å². The molecular formula is C10H16MgO. The summed E-state index contributed by atoms with van der Waals surface area (Å²) >= 11 is 0. The van der Waals surface area contributed by atoms with Crippen molar-refractivity contribution < 1.29 is 5.11 Å². The van der Waals surface area contributed by atoms with Crippen molar-refractivity contribution in [3.05, 3.63) is 29.8 Å². The van der Waals surface area contributed by atoms with Gasteiger partial charge in [-0.3, -0.25) is 0 Å². The summed E-state index contributed by atoms with van der Waals surface area (Å²) in [5.41, 5.74) is 1.31. The first-order chi connectivity index (χ1) is 5.33. The molecule has 12 heavy (non-hydrogen) atoms. The van der Waals surface area contributed by atoms with Gasteiger partial charge in [0.05, 0.1) is 0 Å². The maximum Gasteiger partial charge on any atom is 0.316 e. The van der Waals surface area contributed by atoms with Gasteiger partial charge in [0.2, 0.25) is 0 Å². The summed E-state index contributed by atoms with van der Waals surface area (Å²) in [6, 6.07) is 7.44. The highest BCUT2D eigenvalue weighted by molar-refractivity contribution is 5.75. The molecule has 0 amide bonds. The van der Waals surface area contributed by atoms with Gasteiger partial charge in [-0.15, -0.1) is 0 Å². The van der Waals surface area contributed by atoms with Crippen LogP contribution in [0.4, 0.5) is 0 Å². The Morgan fingerprint density at radius 3 is 2.25 bits per heavy atom. The minimum absolute atomic E-state index is 0. The Kier molecular flexibility index (Phi) is 6.21. The molecule has 1 aromatic carbocycles. The molecular weight excluding hydrogens is 160 g/mol. The number of aryl methyl sites for hydroxylation is 1. The van der Waals surface area contributed by atoms with Crippen LogP contribution in [0, 0.1) is 0 Å². The summed E-state index contributed by atoms with van der Waals surface area (Å²) < 4.78 is 0. The van der Waals surface area contributed by atoms with E-state index in [0.29, 0.717) is 5.75 Å². The first-order valence-electron chi connectivity index (χ1n) is 4.11. The molecule has 0 aliphatic rings. The van der Waals surface area contributed by atoms with Crippen molar-refractivity contribution in [2.75, 3.05) is 0 Å². The van der Waals surface area contributed by atoms with E-state index < -0.39 is 0 Å². The largest absolute Gasteiger partial charge is 0.508 e. The summed E-state index contributed by atoms with van der Waals surface area (Å²) in [6.45, 7) is 2.18. The molecule has 64 valence electrons. The maximum absolute atomic E-state index is 8.98. The molecule has 2 heteroatoms. The van der Waals surface area contributed by atoms with Crippen LogP contribution in [-0.4, -0.2) is 28.2 Å². The number of hydrogen-bond acceptors (Lipinski definition) is 1. The highest BCUT2D eigenvalue weighted by Crippen LogP contribution is 2.11. The minimum Gasteiger partial charge on any atom is -0.508 e. The van der Waals surface area contributed by atoms with Gasteiger partial charge in [-0.05, 0) is 30.5 Å². The Labute approximate surface area is 90.0 Å². The lowest BCUT2D eigenvalue weighted by Crippen LogP contribution is -1.82. The van der Waals surface area contributed by atoms with Crippen LogP contribution in [0.25, 0.3) is 0 Å². The zero-order valence-electron chi connectivity index (χ0n) is 6.88. The number of aromatic hydroxyl groups is 1. The topological polar surface area (TPSA) is 20.2 Å². The third-order valence-corrected chi connectivity index (χ3v) is 1.76. The van der Waals surface area contributed by atoms with Crippen LogP contribution in [0.2, 0.25) is 0 Å². The van der Waals surface area contributed by atoms with Gasteiger partial charge in [0.1, 0.15) is 5.75 Å². The Morgan fingerprint density at radius 2 is 1.75 bits per heavy atom. The van der Waals surface area contributed by atoms with E-state index in [2.05, 4.69) is 6.92 Å². The molecule has 0 aromatic heterocycles. The number of phenols is 1. The van der Waals surface area contributed by atoms with Crippen LogP contribution < -0.4 is 0 Å². The van der Waals surface area contributed by atoms with Crippen LogP contribution in [-0.2, 0) is 6.42 Å². The first-order valence-corrected chi connectivity index (χ1v) is 4.11. The number of benzene rings is 1. The highest BCUT2D eigenvalue weighted by Gasteiger charge is 1.91. The molecule has 0 aliphatic heterocycles. The van der Waals surface area contributed by atoms with Gasteiger partial charge in [-0.1, -0.05) is 25.5 Å². The van der Waals surface area contributed by atoms with E-state index in [4.69, 9.17) is 5.11 Å². The standard InChI is InChI=1S/C10H14O.Mg.2H/c1-2-3-4-9-5-7-10(11)8-6-9;;;/h5-8,11H,2-4H2,1H3;;;. The molecule has 0 atom stereocenters. The van der Waals surface area contributed by atoms with Crippen LogP contribution in [0.1, 0.15) is 25.3 Å². The average molecular weight is 177 g/mol. The van der Waals surface area contributed by atoms with Crippen molar-refractivity contribution in [1.29, 1.82) is 0 Å². The summed E-state index contributed by atoms with van der Waals surface area (Å²) in [7, 11) is 0. The molecule has 1 rings (SSSR count). The number of hydrogen-bond donors (Lipinski definition) is 1. The lowest BCUT2D eigenvalue weighted by atomic mass is 10.1. The molecule has 0 unspecified atom stereocenters. The molecule has 0 saturated carbocycles. The fourth-order valence-corrected chi connectivity index (χ4v) is 1.04. The molecule has 0 fully saturated rings. The predicted molar refractivity (Wildman–Crippen MR) is 55.3 cm³/mol. The third kappa shape index (κ3) is 3.97. The second-order valence-electron chi connectivity index (χ2n) is 2.77. The highest BCUT2D eigenvalue weighted by atomic mass is 24.3. The van der Waals surface area contributed by atoms with Crippen molar-refractivity contribution in [1.82, 2.24) is 0 Å². The lowest BCUT2D eigenvalue weighted by Gasteiger charge is -1.98. The van der Waals surface area contributed by atoms with Gasteiger partial charge in [0.25, 0.3) is 0 Å². The van der Waals surface area contributed by atoms with E-state index in [1.165, 1.54) is 18.4 Å². The van der Waals surface area contributed by atoms with Crippen molar-refractivity contribution in [3.8, 4) is 5.75 Å². The molecule has 0 heterocycles. The fraction of sp³-hybridized carbons (Fsp3) is 0.400. The van der Waals surface area contributed by atoms with E-state index in [1.807, 2.05) is 12.1 Å². The monoisotopic (exact) mass is 176 g/mol. The number of rotatable bonds is 3. The maximum atomic E-state index is 8.98. The lowest BCUT2D eigenvalue weighted by molar-refractivity contribution is 0.475. The number of unbranched alkanes of at least 4 members (excludes halogenated alkanes) is 1. The van der Waals surface area contributed by atoms with Gasteiger partial charge < -0.3 is 5.11 Å². The normalized spacial score (nSPS) is 9.08. The minimum atomic E-state index is 0. The third-order valence-electron chi connectivity index (χ3n) is 1.76. The predicted octanol–water partition coefficient (Wildman–Crippen LogP) is 1.82. The smallest absolute Gasteiger partial charge is 0.316 e. The van der Waals surface area contributed by atoms with Crippen LogP contribution in [0.15, 0.2) is 24.3 Å². The summed E-state index contributed by atoms with van der Waals surface area (Å²) in [5, 5.41) is 8.98. The SMILES string of the molecule is CCCCc1ccc(O)cc1.[MgH2]. The van der Waals surface area contributed by atoms with Gasteiger partial charge >= 0.3 is 23.1 Å². The zero-order valence-corrected chi connectivity index (χ0v) is 6.88. The van der Waals surface area contributed by atoms with Crippen molar-refractivity contribution >= 4 is 23.1 Å². The Morgan fingerprint density at radius 1 is 1.17 bits per heavy atom. The fourth-order valence-electron chi connectivity index (χ4n) is 1.04. The summed E-state index contributed by atoms with van der Waals surface area (Å²) in [5.74, 6) is 0.352. The molecule has 0 radical (unpaired) electrons.